The number of rotatable bonds is 4. The van der Waals surface area contributed by atoms with Crippen LogP contribution in [0.4, 0.5) is 10.1 Å². The fraction of sp³-hybridized carbons (Fsp3) is 0.588. The highest BCUT2D eigenvalue weighted by molar-refractivity contribution is 7.89. The van der Waals surface area contributed by atoms with Gasteiger partial charge < -0.3 is 5.32 Å². The number of hydrogen-bond acceptors (Lipinski definition) is 5. The van der Waals surface area contributed by atoms with Crippen molar-refractivity contribution in [2.24, 2.45) is 5.92 Å². The molecule has 0 saturated carbocycles. The molecule has 26 heavy (non-hydrogen) atoms. The second-order valence-electron chi connectivity index (χ2n) is 7.02. The van der Waals surface area contributed by atoms with Crippen molar-refractivity contribution in [3.8, 4) is 0 Å². The minimum atomic E-state index is -3.46. The fourth-order valence-corrected chi connectivity index (χ4v) is 5.95. The zero-order chi connectivity index (χ0) is 18.9. The molecular weight excluding hydrogens is 359 g/mol. The lowest BCUT2D eigenvalue weighted by Gasteiger charge is -2.33. The third-order valence-electron chi connectivity index (χ3n) is 5.18. The molecule has 2 saturated heterocycles. The first-order valence-electron chi connectivity index (χ1n) is 8.86. The molecule has 0 bridgehead atoms. The summed E-state index contributed by atoms with van der Waals surface area (Å²) in [6, 6.07) is 5.64. The summed E-state index contributed by atoms with van der Waals surface area (Å²) in [5, 5.41) is 2.06. The van der Waals surface area contributed by atoms with Crippen molar-refractivity contribution in [1.82, 2.24) is 15.2 Å². The van der Waals surface area contributed by atoms with Crippen LogP contribution in [0.2, 0.25) is 0 Å². The fourth-order valence-electron chi connectivity index (χ4n) is 3.72. The molecule has 0 aromatic heterocycles. The summed E-state index contributed by atoms with van der Waals surface area (Å²) in [5.41, 5.74) is 6.09. The second kappa shape index (κ2) is 7.59. The maximum Gasteiger partial charge on any atom is 0.227 e. The number of amides is 1. The maximum atomic E-state index is 13.7. The van der Waals surface area contributed by atoms with Gasteiger partial charge in [0.25, 0.3) is 0 Å². The van der Waals surface area contributed by atoms with E-state index in [-0.39, 0.29) is 29.6 Å². The van der Waals surface area contributed by atoms with Gasteiger partial charge in [0.1, 0.15) is 11.1 Å². The Labute approximate surface area is 153 Å². The molecule has 7 nitrogen and oxygen atoms in total. The molecule has 0 radical (unpaired) electrons. The van der Waals surface area contributed by atoms with Gasteiger partial charge in [0, 0.05) is 31.1 Å². The molecule has 0 spiro atoms. The molecular formula is C17H25FN4O3S. The van der Waals surface area contributed by atoms with Crippen LogP contribution < -0.4 is 16.2 Å². The summed E-state index contributed by atoms with van der Waals surface area (Å²) < 4.78 is 41.0. The van der Waals surface area contributed by atoms with Crippen LogP contribution in [0.25, 0.3) is 0 Å². The third kappa shape index (κ3) is 3.75. The van der Waals surface area contributed by atoms with Crippen molar-refractivity contribution >= 4 is 21.6 Å². The van der Waals surface area contributed by atoms with Crippen LogP contribution >= 0.6 is 0 Å². The van der Waals surface area contributed by atoms with Gasteiger partial charge in [-0.2, -0.15) is 0 Å². The van der Waals surface area contributed by atoms with Crippen LogP contribution in [0, 0.1) is 11.7 Å². The Balaban J connectivity index is 1.60. The molecule has 2 atom stereocenters. The van der Waals surface area contributed by atoms with E-state index < -0.39 is 21.1 Å². The summed E-state index contributed by atoms with van der Waals surface area (Å²) in [5.74, 6) is -1.07. The Bertz CT molecular complexity index is 755. The predicted octanol–water partition coefficient (Wildman–Crippen LogP) is 1.06. The lowest BCUT2D eigenvalue weighted by Crippen LogP contribution is -2.50. The van der Waals surface area contributed by atoms with Gasteiger partial charge in [0.05, 0.1) is 5.69 Å². The summed E-state index contributed by atoms with van der Waals surface area (Å²) >= 11 is 0. The molecule has 2 aliphatic heterocycles. The topological polar surface area (TPSA) is 90.5 Å². The van der Waals surface area contributed by atoms with E-state index in [4.69, 9.17) is 0 Å². The Morgan fingerprint density at radius 1 is 1.15 bits per heavy atom. The van der Waals surface area contributed by atoms with Crippen LogP contribution in [0.5, 0.6) is 0 Å². The SMILES string of the molecule is CC1NNC(C)C1S(=O)(=O)N1CCC(C(=O)Nc2ccccc2F)CC1. The predicted molar refractivity (Wildman–Crippen MR) is 97.2 cm³/mol. The average Bonchev–Trinajstić information content (AvgIpc) is 2.96. The number of hydrazine groups is 1. The minimum absolute atomic E-state index is 0.151. The van der Waals surface area contributed by atoms with Crippen molar-refractivity contribution in [1.29, 1.82) is 0 Å². The van der Waals surface area contributed by atoms with Crippen LogP contribution in [-0.4, -0.2) is 49.1 Å². The van der Waals surface area contributed by atoms with Crippen molar-refractivity contribution in [3.05, 3.63) is 30.1 Å². The van der Waals surface area contributed by atoms with E-state index in [2.05, 4.69) is 16.2 Å². The van der Waals surface area contributed by atoms with Crippen molar-refractivity contribution in [2.75, 3.05) is 18.4 Å². The number of benzene rings is 1. The highest BCUT2D eigenvalue weighted by Crippen LogP contribution is 2.26. The normalized spacial score (nSPS) is 28.2. The van der Waals surface area contributed by atoms with Gasteiger partial charge in [0.2, 0.25) is 15.9 Å². The monoisotopic (exact) mass is 384 g/mol. The zero-order valence-corrected chi connectivity index (χ0v) is 15.7. The number of piperidine rings is 1. The molecule has 1 amide bonds. The summed E-state index contributed by atoms with van der Waals surface area (Å²) in [4.78, 5) is 12.4. The number of para-hydroxylation sites is 1. The lowest BCUT2D eigenvalue weighted by atomic mass is 9.97. The highest BCUT2D eigenvalue weighted by Gasteiger charge is 2.44. The molecule has 1 aromatic carbocycles. The Hall–Kier alpha value is -1.55. The first-order valence-corrected chi connectivity index (χ1v) is 10.4. The molecule has 144 valence electrons. The highest BCUT2D eigenvalue weighted by atomic mass is 32.2. The summed E-state index contributed by atoms with van der Waals surface area (Å²) in [6.07, 6.45) is 0.853. The molecule has 1 aromatic rings. The van der Waals surface area contributed by atoms with Gasteiger partial charge in [-0.15, -0.1) is 0 Å². The molecule has 3 N–H and O–H groups in total. The average molecular weight is 384 g/mol. The number of carbonyl (C=O) groups is 1. The number of nitrogens with one attached hydrogen (secondary N) is 3. The molecule has 3 rings (SSSR count). The molecule has 2 unspecified atom stereocenters. The van der Waals surface area contributed by atoms with Crippen LogP contribution in [0.1, 0.15) is 26.7 Å². The van der Waals surface area contributed by atoms with E-state index in [1.807, 2.05) is 13.8 Å². The number of sulfonamides is 1. The van der Waals surface area contributed by atoms with E-state index in [1.165, 1.54) is 16.4 Å². The van der Waals surface area contributed by atoms with E-state index in [1.54, 1.807) is 12.1 Å². The molecule has 2 fully saturated rings. The summed E-state index contributed by atoms with van der Waals surface area (Å²) in [7, 11) is -3.46. The molecule has 2 heterocycles. The van der Waals surface area contributed by atoms with Gasteiger partial charge in [-0.05, 0) is 38.8 Å². The number of halogens is 1. The Kier molecular flexibility index (Phi) is 5.61. The lowest BCUT2D eigenvalue weighted by molar-refractivity contribution is -0.120. The van der Waals surface area contributed by atoms with Gasteiger partial charge in [-0.3, -0.25) is 15.6 Å². The summed E-state index contributed by atoms with van der Waals surface area (Å²) in [6.45, 7) is 4.28. The first kappa shape index (κ1) is 19.2. The zero-order valence-electron chi connectivity index (χ0n) is 14.9. The largest absolute Gasteiger partial charge is 0.323 e. The molecule has 9 heteroatoms. The number of hydrogen-bond donors (Lipinski definition) is 3. The van der Waals surface area contributed by atoms with Gasteiger partial charge in [-0.25, -0.2) is 17.1 Å². The van der Waals surface area contributed by atoms with Crippen LogP contribution in [-0.2, 0) is 14.8 Å². The standard InChI is InChI=1S/C17H25FN4O3S/c1-11-16(12(2)21-20-11)26(24,25)22-9-7-13(8-10-22)17(23)19-15-6-4-3-5-14(15)18/h3-6,11-13,16,20-21H,7-10H2,1-2H3,(H,19,23). The Morgan fingerprint density at radius 2 is 1.73 bits per heavy atom. The van der Waals surface area contributed by atoms with Crippen molar-refractivity contribution in [2.45, 2.75) is 44.0 Å². The minimum Gasteiger partial charge on any atom is -0.323 e. The van der Waals surface area contributed by atoms with E-state index in [0.29, 0.717) is 25.9 Å². The maximum absolute atomic E-state index is 13.7. The second-order valence-corrected chi connectivity index (χ2v) is 9.11. The van der Waals surface area contributed by atoms with Crippen molar-refractivity contribution in [3.63, 3.8) is 0 Å². The number of anilines is 1. The van der Waals surface area contributed by atoms with Crippen LogP contribution in [0.15, 0.2) is 24.3 Å². The Morgan fingerprint density at radius 3 is 2.31 bits per heavy atom. The van der Waals surface area contributed by atoms with Gasteiger partial charge in [0.15, 0.2) is 0 Å². The van der Waals surface area contributed by atoms with E-state index >= 15 is 0 Å². The molecule has 0 aliphatic carbocycles. The first-order chi connectivity index (χ1) is 12.3. The van der Waals surface area contributed by atoms with Gasteiger partial charge >= 0.3 is 0 Å². The van der Waals surface area contributed by atoms with Gasteiger partial charge in [-0.1, -0.05) is 12.1 Å². The molecule has 2 aliphatic rings. The third-order valence-corrected chi connectivity index (χ3v) is 7.77. The van der Waals surface area contributed by atoms with E-state index in [9.17, 15) is 17.6 Å². The number of carbonyl (C=O) groups excluding carboxylic acids is 1. The van der Waals surface area contributed by atoms with Crippen molar-refractivity contribution < 1.29 is 17.6 Å². The smallest absolute Gasteiger partial charge is 0.227 e. The number of nitrogens with zero attached hydrogens (tertiary/aromatic N) is 1. The van der Waals surface area contributed by atoms with E-state index in [0.717, 1.165) is 0 Å². The quantitative estimate of drug-likeness (QED) is 0.722. The van der Waals surface area contributed by atoms with Crippen LogP contribution in [0.3, 0.4) is 0 Å².